The molecule has 2 amide bonds. The minimum atomic E-state index is -0.0790. The first-order valence-electron chi connectivity index (χ1n) is 9.12. The van der Waals surface area contributed by atoms with Gasteiger partial charge in [0.1, 0.15) is 5.75 Å². The summed E-state index contributed by atoms with van der Waals surface area (Å²) in [5.41, 5.74) is 1.25. The molecule has 1 fully saturated rings. The monoisotopic (exact) mass is 389 g/mol. The Balaban J connectivity index is 1.51. The lowest BCUT2D eigenvalue weighted by atomic mass is 9.93. The lowest BCUT2D eigenvalue weighted by Gasteiger charge is -2.32. The van der Waals surface area contributed by atoms with Crippen LogP contribution in [0.25, 0.3) is 0 Å². The van der Waals surface area contributed by atoms with Gasteiger partial charge in [-0.1, -0.05) is 11.6 Å². The summed E-state index contributed by atoms with van der Waals surface area (Å²) in [6.45, 7) is 1.46. The maximum atomic E-state index is 12.5. The maximum Gasteiger partial charge on any atom is 0.255 e. The van der Waals surface area contributed by atoms with Gasteiger partial charge in [-0.05, 0) is 49.4 Å². The number of rotatable bonds is 6. The Morgan fingerprint density at radius 1 is 1.37 bits per heavy atom. The number of ether oxygens (including phenoxy) is 1. The van der Waals surface area contributed by atoms with Crippen LogP contribution in [0.5, 0.6) is 5.75 Å². The first-order valence-corrected chi connectivity index (χ1v) is 9.50. The fourth-order valence-corrected chi connectivity index (χ4v) is 3.62. The van der Waals surface area contributed by atoms with Gasteiger partial charge < -0.3 is 19.9 Å². The molecule has 1 atom stereocenters. The van der Waals surface area contributed by atoms with Crippen LogP contribution < -0.4 is 10.1 Å². The van der Waals surface area contributed by atoms with Gasteiger partial charge in [0.25, 0.3) is 5.91 Å². The highest BCUT2D eigenvalue weighted by Gasteiger charge is 2.25. The number of carbonyl (C=O) groups excluding carboxylic acids is 2. The number of methoxy groups -OCH3 is 1. The molecule has 1 aromatic heterocycles. The van der Waals surface area contributed by atoms with Gasteiger partial charge in [0.2, 0.25) is 5.91 Å². The third kappa shape index (κ3) is 5.04. The van der Waals surface area contributed by atoms with Crippen molar-refractivity contribution in [1.82, 2.24) is 9.88 Å². The SMILES string of the molecule is COc1ccc(Cl)cc1NC(=O)CC[C@@H]1CCCN(C(=O)c2cc[nH]c2)C1. The molecule has 0 radical (unpaired) electrons. The number of nitrogens with zero attached hydrogens (tertiary/aromatic N) is 1. The third-order valence-corrected chi connectivity index (χ3v) is 5.10. The summed E-state index contributed by atoms with van der Waals surface area (Å²) < 4.78 is 5.25. The van der Waals surface area contributed by atoms with E-state index in [0.717, 1.165) is 25.8 Å². The zero-order chi connectivity index (χ0) is 19.2. The predicted octanol–water partition coefficient (Wildman–Crippen LogP) is 3.95. The van der Waals surface area contributed by atoms with Gasteiger partial charge in [0, 0.05) is 36.9 Å². The van der Waals surface area contributed by atoms with E-state index in [1.165, 1.54) is 0 Å². The van der Waals surface area contributed by atoms with Crippen molar-refractivity contribution in [2.45, 2.75) is 25.7 Å². The van der Waals surface area contributed by atoms with E-state index < -0.39 is 0 Å². The molecule has 2 N–H and O–H groups in total. The van der Waals surface area contributed by atoms with Gasteiger partial charge in [0.05, 0.1) is 18.4 Å². The minimum Gasteiger partial charge on any atom is -0.495 e. The molecule has 1 aliphatic rings. The summed E-state index contributed by atoms with van der Waals surface area (Å²) in [6, 6.07) is 6.91. The van der Waals surface area contributed by atoms with E-state index in [1.54, 1.807) is 43.8 Å². The van der Waals surface area contributed by atoms with Crippen LogP contribution in [0.1, 0.15) is 36.0 Å². The lowest BCUT2D eigenvalue weighted by molar-refractivity contribution is -0.116. The van der Waals surface area contributed by atoms with Crippen LogP contribution in [0.2, 0.25) is 5.02 Å². The second-order valence-corrected chi connectivity index (χ2v) is 7.23. The van der Waals surface area contributed by atoms with E-state index in [2.05, 4.69) is 10.3 Å². The number of halogens is 1. The zero-order valence-corrected chi connectivity index (χ0v) is 16.1. The molecule has 3 rings (SSSR count). The molecular formula is C20H24ClN3O3. The van der Waals surface area contributed by atoms with E-state index >= 15 is 0 Å². The molecule has 1 saturated heterocycles. The number of H-pyrrole nitrogens is 1. The molecule has 1 aliphatic heterocycles. The highest BCUT2D eigenvalue weighted by Crippen LogP contribution is 2.28. The Hall–Kier alpha value is -2.47. The number of aromatic nitrogens is 1. The van der Waals surface area contributed by atoms with Crippen molar-refractivity contribution in [3.05, 3.63) is 47.2 Å². The van der Waals surface area contributed by atoms with E-state index in [-0.39, 0.29) is 11.8 Å². The number of amides is 2. The standard InChI is InChI=1S/C20H24ClN3O3/c1-27-18-6-5-16(21)11-17(18)23-19(25)7-4-14-3-2-10-24(13-14)20(26)15-8-9-22-12-15/h5-6,8-9,11-12,14,22H,2-4,7,10,13H2,1H3,(H,23,25)/t14-/m0/s1. The van der Waals surface area contributed by atoms with Gasteiger partial charge >= 0.3 is 0 Å². The molecule has 0 saturated carbocycles. The summed E-state index contributed by atoms with van der Waals surface area (Å²) >= 11 is 6.00. The van der Waals surface area contributed by atoms with Crippen molar-refractivity contribution in [3.8, 4) is 5.75 Å². The predicted molar refractivity (Wildman–Crippen MR) is 105 cm³/mol. The van der Waals surface area contributed by atoms with Crippen LogP contribution in [-0.4, -0.2) is 41.9 Å². The summed E-state index contributed by atoms with van der Waals surface area (Å²) in [5.74, 6) is 0.876. The number of benzene rings is 1. The Labute approximate surface area is 163 Å². The van der Waals surface area contributed by atoms with E-state index in [9.17, 15) is 9.59 Å². The molecule has 6 nitrogen and oxygen atoms in total. The number of piperidine rings is 1. The van der Waals surface area contributed by atoms with E-state index in [4.69, 9.17) is 16.3 Å². The van der Waals surface area contributed by atoms with Gasteiger partial charge in [-0.25, -0.2) is 0 Å². The summed E-state index contributed by atoms with van der Waals surface area (Å²) in [7, 11) is 1.55. The van der Waals surface area contributed by atoms with Gasteiger partial charge in [-0.15, -0.1) is 0 Å². The van der Waals surface area contributed by atoms with Crippen LogP contribution >= 0.6 is 11.6 Å². The lowest BCUT2D eigenvalue weighted by Crippen LogP contribution is -2.40. The van der Waals surface area contributed by atoms with Crippen LogP contribution in [-0.2, 0) is 4.79 Å². The smallest absolute Gasteiger partial charge is 0.255 e. The minimum absolute atomic E-state index is 0.0501. The molecule has 0 aliphatic carbocycles. The largest absolute Gasteiger partial charge is 0.495 e. The maximum absolute atomic E-state index is 12.5. The normalized spacial score (nSPS) is 16.8. The number of carbonyl (C=O) groups is 2. The average Bonchev–Trinajstić information content (AvgIpc) is 3.21. The van der Waals surface area contributed by atoms with Gasteiger partial charge in [-0.3, -0.25) is 9.59 Å². The Morgan fingerprint density at radius 2 is 2.22 bits per heavy atom. The molecule has 1 aromatic carbocycles. The number of hydrogen-bond acceptors (Lipinski definition) is 3. The van der Waals surface area contributed by atoms with E-state index in [1.807, 2.05) is 4.90 Å². The Bertz CT molecular complexity index is 792. The summed E-state index contributed by atoms with van der Waals surface area (Å²) in [4.78, 5) is 29.6. The van der Waals surface area contributed by atoms with Crippen molar-refractivity contribution in [2.24, 2.45) is 5.92 Å². The third-order valence-electron chi connectivity index (χ3n) is 4.87. The van der Waals surface area contributed by atoms with Crippen molar-refractivity contribution in [3.63, 3.8) is 0 Å². The molecular weight excluding hydrogens is 366 g/mol. The van der Waals surface area contributed by atoms with Crippen molar-refractivity contribution in [2.75, 3.05) is 25.5 Å². The van der Waals surface area contributed by atoms with Crippen molar-refractivity contribution < 1.29 is 14.3 Å². The van der Waals surface area contributed by atoms with Crippen LogP contribution in [0.15, 0.2) is 36.7 Å². The number of hydrogen-bond donors (Lipinski definition) is 2. The molecule has 0 unspecified atom stereocenters. The second-order valence-electron chi connectivity index (χ2n) is 6.79. The Morgan fingerprint density at radius 3 is 2.96 bits per heavy atom. The number of likely N-dealkylation sites (tertiary alicyclic amines) is 1. The fourth-order valence-electron chi connectivity index (χ4n) is 3.45. The average molecular weight is 390 g/mol. The van der Waals surface area contributed by atoms with Crippen LogP contribution in [0.4, 0.5) is 5.69 Å². The Kier molecular flexibility index (Phi) is 6.40. The topological polar surface area (TPSA) is 74.4 Å². The highest BCUT2D eigenvalue weighted by molar-refractivity contribution is 6.31. The summed E-state index contributed by atoms with van der Waals surface area (Å²) in [5, 5.41) is 3.40. The first-order chi connectivity index (χ1) is 13.1. The van der Waals surface area contributed by atoms with Gasteiger partial charge in [0.15, 0.2) is 0 Å². The number of anilines is 1. The molecule has 2 heterocycles. The van der Waals surface area contributed by atoms with E-state index in [0.29, 0.717) is 40.9 Å². The second kappa shape index (κ2) is 8.95. The summed E-state index contributed by atoms with van der Waals surface area (Å²) in [6.07, 6.45) is 6.61. The van der Waals surface area contributed by atoms with Gasteiger partial charge in [-0.2, -0.15) is 0 Å². The molecule has 7 heteroatoms. The fraction of sp³-hybridized carbons (Fsp3) is 0.400. The quantitative estimate of drug-likeness (QED) is 0.785. The first kappa shape index (κ1) is 19.3. The van der Waals surface area contributed by atoms with Crippen LogP contribution in [0, 0.1) is 5.92 Å². The molecule has 0 spiro atoms. The number of nitrogens with one attached hydrogen (secondary N) is 2. The molecule has 2 aromatic rings. The molecule has 27 heavy (non-hydrogen) atoms. The van der Waals surface area contributed by atoms with Crippen molar-refractivity contribution >= 4 is 29.1 Å². The highest BCUT2D eigenvalue weighted by atomic mass is 35.5. The van der Waals surface area contributed by atoms with Crippen molar-refractivity contribution in [1.29, 1.82) is 0 Å². The number of aromatic amines is 1. The van der Waals surface area contributed by atoms with Crippen LogP contribution in [0.3, 0.4) is 0 Å². The zero-order valence-electron chi connectivity index (χ0n) is 15.3. The molecule has 144 valence electrons. The molecule has 0 bridgehead atoms.